The molecule has 3 heteroatoms. The van der Waals surface area contributed by atoms with E-state index in [1.165, 1.54) is 51.6 Å². The topological polar surface area (TPSA) is 32.5 Å². The van der Waals surface area contributed by atoms with E-state index in [9.17, 15) is 0 Å². The Hall–Kier alpha value is -0.120. The highest BCUT2D eigenvalue weighted by Crippen LogP contribution is 2.36. The molecule has 0 saturated carbocycles. The van der Waals surface area contributed by atoms with Crippen molar-refractivity contribution in [3.8, 4) is 0 Å². The van der Waals surface area contributed by atoms with Crippen molar-refractivity contribution in [1.29, 1.82) is 0 Å². The fourth-order valence-corrected chi connectivity index (χ4v) is 4.27. The van der Waals surface area contributed by atoms with Crippen molar-refractivity contribution in [2.75, 3.05) is 26.7 Å². The molecule has 0 aliphatic carbocycles. The minimum Gasteiger partial charge on any atom is -0.330 e. The zero-order chi connectivity index (χ0) is 11.8. The summed E-state index contributed by atoms with van der Waals surface area (Å²) in [4.78, 5) is 5.41. The van der Waals surface area contributed by atoms with Gasteiger partial charge in [0.05, 0.1) is 0 Å². The molecule has 3 heterocycles. The van der Waals surface area contributed by atoms with Crippen LogP contribution in [-0.2, 0) is 0 Å². The molecule has 3 rings (SSSR count). The van der Waals surface area contributed by atoms with Crippen LogP contribution >= 0.6 is 0 Å². The predicted octanol–water partition coefficient (Wildman–Crippen LogP) is 1.28. The zero-order valence-electron chi connectivity index (χ0n) is 11.1. The molecule has 0 radical (unpaired) electrons. The number of rotatable bonds is 2. The smallest absolute Gasteiger partial charge is 0.0125 e. The van der Waals surface area contributed by atoms with Gasteiger partial charge in [-0.15, -0.1) is 0 Å². The molecule has 0 aromatic rings. The van der Waals surface area contributed by atoms with E-state index in [4.69, 9.17) is 5.73 Å². The van der Waals surface area contributed by atoms with E-state index in [1.54, 1.807) is 0 Å². The molecule has 3 aliphatic rings. The van der Waals surface area contributed by atoms with Crippen LogP contribution in [0.25, 0.3) is 0 Å². The maximum atomic E-state index is 5.80. The highest BCUT2D eigenvalue weighted by Gasteiger charge is 2.39. The normalized spacial score (nSPS) is 44.1. The molecule has 3 aliphatic heterocycles. The highest BCUT2D eigenvalue weighted by atomic mass is 15.2. The number of fused-ring (bicyclic) bond motifs is 2. The Morgan fingerprint density at radius 1 is 1.06 bits per heavy atom. The molecule has 3 fully saturated rings. The number of hydrogen-bond donors (Lipinski definition) is 1. The van der Waals surface area contributed by atoms with Gasteiger partial charge in [0.2, 0.25) is 0 Å². The van der Waals surface area contributed by atoms with Crippen LogP contribution in [0.5, 0.6) is 0 Å². The summed E-state index contributed by atoms with van der Waals surface area (Å²) in [7, 11) is 2.34. The van der Waals surface area contributed by atoms with E-state index in [2.05, 4.69) is 16.8 Å². The Kier molecular flexibility index (Phi) is 3.42. The fourth-order valence-electron chi connectivity index (χ4n) is 4.27. The van der Waals surface area contributed by atoms with Crippen LogP contribution in [0.1, 0.15) is 38.5 Å². The fraction of sp³-hybridized carbons (Fsp3) is 1.00. The molecule has 2 bridgehead atoms. The minimum atomic E-state index is 0.773. The van der Waals surface area contributed by atoms with E-state index >= 15 is 0 Å². The Morgan fingerprint density at radius 3 is 2.35 bits per heavy atom. The monoisotopic (exact) mass is 237 g/mol. The van der Waals surface area contributed by atoms with E-state index in [0.717, 1.165) is 30.6 Å². The second-order valence-electron chi connectivity index (χ2n) is 6.41. The molecule has 3 saturated heterocycles. The van der Waals surface area contributed by atoms with Gasteiger partial charge in [-0.05, 0) is 58.2 Å². The van der Waals surface area contributed by atoms with Crippen molar-refractivity contribution in [3.63, 3.8) is 0 Å². The number of nitrogens with zero attached hydrogens (tertiary/aromatic N) is 2. The van der Waals surface area contributed by atoms with Gasteiger partial charge in [0, 0.05) is 24.7 Å². The van der Waals surface area contributed by atoms with Crippen LogP contribution in [-0.4, -0.2) is 54.6 Å². The lowest BCUT2D eigenvalue weighted by Gasteiger charge is -2.49. The summed E-state index contributed by atoms with van der Waals surface area (Å²) in [6, 6.07) is 2.59. The Balaban J connectivity index is 1.62. The zero-order valence-corrected chi connectivity index (χ0v) is 11.1. The van der Waals surface area contributed by atoms with Gasteiger partial charge in [0.1, 0.15) is 0 Å². The second-order valence-corrected chi connectivity index (χ2v) is 6.41. The van der Waals surface area contributed by atoms with Crippen LogP contribution in [0.2, 0.25) is 0 Å². The first-order chi connectivity index (χ1) is 8.28. The molecule has 0 amide bonds. The van der Waals surface area contributed by atoms with Gasteiger partial charge in [-0.1, -0.05) is 6.42 Å². The molecular formula is C14H27N3. The Labute approximate surface area is 105 Å². The van der Waals surface area contributed by atoms with Gasteiger partial charge in [-0.3, -0.25) is 4.90 Å². The third kappa shape index (κ3) is 2.25. The quantitative estimate of drug-likeness (QED) is 0.785. The summed E-state index contributed by atoms with van der Waals surface area (Å²) in [6.07, 6.45) is 8.46. The molecular weight excluding hydrogens is 210 g/mol. The van der Waals surface area contributed by atoms with Crippen molar-refractivity contribution in [3.05, 3.63) is 0 Å². The van der Waals surface area contributed by atoms with Crippen LogP contribution in [0.4, 0.5) is 0 Å². The molecule has 98 valence electrons. The Morgan fingerprint density at radius 2 is 1.76 bits per heavy atom. The molecule has 17 heavy (non-hydrogen) atoms. The van der Waals surface area contributed by atoms with E-state index in [-0.39, 0.29) is 0 Å². The molecule has 3 unspecified atom stereocenters. The van der Waals surface area contributed by atoms with Crippen LogP contribution in [0.15, 0.2) is 0 Å². The summed E-state index contributed by atoms with van der Waals surface area (Å²) in [6.45, 7) is 3.45. The molecule has 3 nitrogen and oxygen atoms in total. The van der Waals surface area contributed by atoms with E-state index in [0.29, 0.717) is 0 Å². The minimum absolute atomic E-state index is 0.773. The summed E-state index contributed by atoms with van der Waals surface area (Å²) < 4.78 is 0. The molecule has 0 spiro atoms. The maximum Gasteiger partial charge on any atom is 0.0125 e. The lowest BCUT2D eigenvalue weighted by atomic mass is 9.82. The molecule has 0 aromatic heterocycles. The molecule has 3 atom stereocenters. The highest BCUT2D eigenvalue weighted by molar-refractivity contribution is 4.96. The largest absolute Gasteiger partial charge is 0.330 e. The first-order valence-corrected chi connectivity index (χ1v) is 7.44. The van der Waals surface area contributed by atoms with Gasteiger partial charge < -0.3 is 10.6 Å². The number of piperidine rings is 2. The molecule has 2 N–H and O–H groups in total. The molecule has 0 aromatic carbocycles. The average molecular weight is 237 g/mol. The summed E-state index contributed by atoms with van der Waals surface area (Å²) >= 11 is 0. The van der Waals surface area contributed by atoms with E-state index in [1.807, 2.05) is 0 Å². The van der Waals surface area contributed by atoms with Crippen LogP contribution in [0.3, 0.4) is 0 Å². The van der Waals surface area contributed by atoms with Gasteiger partial charge >= 0.3 is 0 Å². The third-order valence-electron chi connectivity index (χ3n) is 5.48. The van der Waals surface area contributed by atoms with Crippen molar-refractivity contribution in [2.24, 2.45) is 11.7 Å². The van der Waals surface area contributed by atoms with Crippen LogP contribution < -0.4 is 5.73 Å². The summed E-state index contributed by atoms with van der Waals surface area (Å²) in [5.74, 6) is 0.773. The van der Waals surface area contributed by atoms with Crippen molar-refractivity contribution in [1.82, 2.24) is 9.80 Å². The van der Waals surface area contributed by atoms with Crippen molar-refractivity contribution in [2.45, 2.75) is 56.7 Å². The third-order valence-corrected chi connectivity index (χ3v) is 5.48. The van der Waals surface area contributed by atoms with Gasteiger partial charge in [0.15, 0.2) is 0 Å². The van der Waals surface area contributed by atoms with Gasteiger partial charge in [-0.25, -0.2) is 0 Å². The van der Waals surface area contributed by atoms with Crippen molar-refractivity contribution >= 4 is 0 Å². The lowest BCUT2D eigenvalue weighted by Crippen LogP contribution is -2.55. The Bertz CT molecular complexity index is 254. The lowest BCUT2D eigenvalue weighted by molar-refractivity contribution is 0.0150. The standard InChI is InChI=1S/C14H27N3/c1-16-12-3-2-4-13(16)8-14(7-12)17-6-5-11(9-15)10-17/h11-14H,2-10,15H2,1H3. The number of hydrogen-bond acceptors (Lipinski definition) is 3. The van der Waals surface area contributed by atoms with E-state index < -0.39 is 0 Å². The first kappa shape index (κ1) is 11.9. The first-order valence-electron chi connectivity index (χ1n) is 7.44. The number of likely N-dealkylation sites (tertiary alicyclic amines) is 1. The SMILES string of the molecule is CN1C2CCCC1CC(N1CCC(CN)C1)C2. The average Bonchev–Trinajstić information content (AvgIpc) is 2.77. The van der Waals surface area contributed by atoms with Gasteiger partial charge in [-0.2, -0.15) is 0 Å². The van der Waals surface area contributed by atoms with Gasteiger partial charge in [0.25, 0.3) is 0 Å². The summed E-state index contributed by atoms with van der Waals surface area (Å²) in [5, 5.41) is 0. The number of nitrogens with two attached hydrogens (primary N) is 1. The predicted molar refractivity (Wildman–Crippen MR) is 70.9 cm³/mol. The van der Waals surface area contributed by atoms with Crippen molar-refractivity contribution < 1.29 is 0 Å². The summed E-state index contributed by atoms with van der Waals surface area (Å²) in [5.41, 5.74) is 5.80. The second kappa shape index (κ2) is 4.87. The maximum absolute atomic E-state index is 5.80. The van der Waals surface area contributed by atoms with Crippen LogP contribution in [0, 0.1) is 5.92 Å².